The number of likely N-dealkylation sites (N-methyl/N-ethyl adjacent to an activating group) is 1. The lowest BCUT2D eigenvalue weighted by Gasteiger charge is -2.15. The molecular formula is C15H19N5. The molecule has 5 heteroatoms. The predicted octanol–water partition coefficient (Wildman–Crippen LogP) is 1.81. The van der Waals surface area contributed by atoms with Crippen molar-refractivity contribution < 1.29 is 0 Å². The molecule has 0 saturated heterocycles. The summed E-state index contributed by atoms with van der Waals surface area (Å²) in [5.74, 6) is 0. The number of fused-ring (bicyclic) bond motifs is 1. The SMILES string of the molecule is CNC(Cc1nn(C)c2ccccc12)c1cncn1C. The monoisotopic (exact) mass is 269 g/mol. The third-order valence-electron chi connectivity index (χ3n) is 3.79. The smallest absolute Gasteiger partial charge is 0.0946 e. The number of rotatable bonds is 4. The Kier molecular flexibility index (Phi) is 3.28. The number of aryl methyl sites for hydroxylation is 2. The van der Waals surface area contributed by atoms with E-state index in [0.29, 0.717) is 0 Å². The van der Waals surface area contributed by atoms with Crippen molar-refractivity contribution in [1.29, 1.82) is 0 Å². The first kappa shape index (κ1) is 12.9. The number of imidazole rings is 1. The Morgan fingerprint density at radius 3 is 2.75 bits per heavy atom. The molecule has 0 spiro atoms. The fourth-order valence-corrected chi connectivity index (χ4v) is 2.69. The van der Waals surface area contributed by atoms with Gasteiger partial charge in [0.15, 0.2) is 0 Å². The molecule has 3 rings (SSSR count). The summed E-state index contributed by atoms with van der Waals surface area (Å²) in [5, 5.41) is 9.24. The molecule has 5 nitrogen and oxygen atoms in total. The van der Waals surface area contributed by atoms with Gasteiger partial charge in [0, 0.05) is 32.1 Å². The Morgan fingerprint density at radius 2 is 2.05 bits per heavy atom. The first-order valence-corrected chi connectivity index (χ1v) is 6.75. The number of nitrogens with one attached hydrogen (secondary N) is 1. The van der Waals surface area contributed by atoms with Gasteiger partial charge >= 0.3 is 0 Å². The van der Waals surface area contributed by atoms with Gasteiger partial charge in [0.2, 0.25) is 0 Å². The first-order chi connectivity index (χ1) is 9.70. The molecule has 1 N–H and O–H groups in total. The summed E-state index contributed by atoms with van der Waals surface area (Å²) in [6.07, 6.45) is 4.58. The summed E-state index contributed by atoms with van der Waals surface area (Å²) in [6, 6.07) is 8.55. The van der Waals surface area contributed by atoms with Crippen molar-refractivity contribution in [3.63, 3.8) is 0 Å². The third kappa shape index (κ3) is 2.10. The van der Waals surface area contributed by atoms with Crippen molar-refractivity contribution in [3.05, 3.63) is 48.2 Å². The molecule has 0 aliphatic rings. The number of hydrogen-bond acceptors (Lipinski definition) is 3. The van der Waals surface area contributed by atoms with Crippen LogP contribution in [-0.2, 0) is 20.5 Å². The second kappa shape index (κ2) is 5.09. The first-order valence-electron chi connectivity index (χ1n) is 6.75. The van der Waals surface area contributed by atoms with Crippen LogP contribution in [0.2, 0.25) is 0 Å². The summed E-state index contributed by atoms with van der Waals surface area (Å²) in [7, 11) is 5.98. The molecule has 20 heavy (non-hydrogen) atoms. The minimum Gasteiger partial charge on any atom is -0.336 e. The molecule has 0 bridgehead atoms. The number of nitrogens with zero attached hydrogens (tertiary/aromatic N) is 4. The van der Waals surface area contributed by atoms with E-state index in [1.54, 1.807) is 0 Å². The van der Waals surface area contributed by atoms with Gasteiger partial charge in [-0.3, -0.25) is 4.68 Å². The molecule has 0 radical (unpaired) electrons. The van der Waals surface area contributed by atoms with Crippen LogP contribution in [0.25, 0.3) is 10.9 Å². The average molecular weight is 269 g/mol. The summed E-state index contributed by atoms with van der Waals surface area (Å²) in [6.45, 7) is 0. The van der Waals surface area contributed by atoms with E-state index in [1.165, 1.54) is 16.6 Å². The van der Waals surface area contributed by atoms with Crippen LogP contribution < -0.4 is 5.32 Å². The van der Waals surface area contributed by atoms with Gasteiger partial charge in [-0.25, -0.2) is 4.98 Å². The highest BCUT2D eigenvalue weighted by atomic mass is 15.3. The van der Waals surface area contributed by atoms with Crippen LogP contribution in [-0.4, -0.2) is 26.4 Å². The topological polar surface area (TPSA) is 47.7 Å². The lowest BCUT2D eigenvalue weighted by atomic mass is 10.1. The highest BCUT2D eigenvalue weighted by molar-refractivity contribution is 5.81. The van der Waals surface area contributed by atoms with E-state index in [-0.39, 0.29) is 6.04 Å². The van der Waals surface area contributed by atoms with Gasteiger partial charge in [-0.15, -0.1) is 0 Å². The molecule has 0 fully saturated rings. The molecule has 1 unspecified atom stereocenters. The van der Waals surface area contributed by atoms with E-state index < -0.39 is 0 Å². The van der Waals surface area contributed by atoms with E-state index in [1.807, 2.05) is 49.0 Å². The minimum absolute atomic E-state index is 0.209. The summed E-state index contributed by atoms with van der Waals surface area (Å²) < 4.78 is 3.99. The zero-order valence-corrected chi connectivity index (χ0v) is 12.0. The molecule has 0 aliphatic carbocycles. The van der Waals surface area contributed by atoms with Crippen LogP contribution in [0.1, 0.15) is 17.4 Å². The second-order valence-electron chi connectivity index (χ2n) is 5.06. The molecule has 1 aromatic carbocycles. The Balaban J connectivity index is 1.98. The highest BCUT2D eigenvalue weighted by Crippen LogP contribution is 2.23. The molecule has 2 heterocycles. The minimum atomic E-state index is 0.209. The average Bonchev–Trinajstić information content (AvgIpc) is 3.01. The molecular weight excluding hydrogens is 250 g/mol. The molecule has 104 valence electrons. The van der Waals surface area contributed by atoms with Crippen LogP contribution in [0.15, 0.2) is 36.8 Å². The van der Waals surface area contributed by atoms with Gasteiger partial charge in [0.05, 0.1) is 29.3 Å². The van der Waals surface area contributed by atoms with Crippen LogP contribution in [0.3, 0.4) is 0 Å². The van der Waals surface area contributed by atoms with Crippen molar-refractivity contribution in [2.24, 2.45) is 14.1 Å². The van der Waals surface area contributed by atoms with Gasteiger partial charge in [-0.2, -0.15) is 5.10 Å². The fourth-order valence-electron chi connectivity index (χ4n) is 2.69. The van der Waals surface area contributed by atoms with Crippen LogP contribution >= 0.6 is 0 Å². The zero-order valence-electron chi connectivity index (χ0n) is 12.0. The summed E-state index contributed by atoms with van der Waals surface area (Å²) >= 11 is 0. The number of benzene rings is 1. The van der Waals surface area contributed by atoms with Crippen LogP contribution in [0.4, 0.5) is 0 Å². The maximum atomic E-state index is 4.66. The molecule has 2 aromatic heterocycles. The zero-order chi connectivity index (χ0) is 14.1. The van der Waals surface area contributed by atoms with Gasteiger partial charge < -0.3 is 9.88 Å². The van der Waals surface area contributed by atoms with Gasteiger partial charge in [-0.05, 0) is 13.1 Å². The van der Waals surface area contributed by atoms with E-state index in [4.69, 9.17) is 0 Å². The van der Waals surface area contributed by atoms with Crippen LogP contribution in [0, 0.1) is 0 Å². The molecule has 1 atom stereocenters. The Morgan fingerprint density at radius 1 is 1.25 bits per heavy atom. The third-order valence-corrected chi connectivity index (χ3v) is 3.79. The van der Waals surface area contributed by atoms with Crippen molar-refractivity contribution in [1.82, 2.24) is 24.6 Å². The summed E-state index contributed by atoms with van der Waals surface area (Å²) in [5.41, 5.74) is 3.45. The van der Waals surface area contributed by atoms with Gasteiger partial charge in [-0.1, -0.05) is 18.2 Å². The molecule has 0 aliphatic heterocycles. The van der Waals surface area contributed by atoms with Crippen molar-refractivity contribution >= 4 is 10.9 Å². The molecule has 3 aromatic rings. The Labute approximate surface area is 118 Å². The Hall–Kier alpha value is -2.14. The van der Waals surface area contributed by atoms with E-state index in [0.717, 1.165) is 12.1 Å². The van der Waals surface area contributed by atoms with E-state index in [2.05, 4.69) is 33.6 Å². The number of hydrogen-bond donors (Lipinski definition) is 1. The number of para-hydroxylation sites is 1. The standard InChI is InChI=1S/C15H19N5/c1-16-13(15-9-17-10-19(15)2)8-12-11-6-4-5-7-14(11)20(3)18-12/h4-7,9-10,13,16H,8H2,1-3H3. The van der Waals surface area contributed by atoms with Crippen molar-refractivity contribution in [3.8, 4) is 0 Å². The number of aromatic nitrogens is 4. The van der Waals surface area contributed by atoms with Crippen molar-refractivity contribution in [2.75, 3.05) is 7.05 Å². The Bertz CT molecular complexity index is 725. The quantitative estimate of drug-likeness (QED) is 0.786. The lowest BCUT2D eigenvalue weighted by molar-refractivity contribution is 0.546. The maximum Gasteiger partial charge on any atom is 0.0946 e. The predicted molar refractivity (Wildman–Crippen MR) is 79.4 cm³/mol. The lowest BCUT2D eigenvalue weighted by Crippen LogP contribution is -2.21. The molecule has 0 saturated carbocycles. The molecule has 0 amide bonds. The fraction of sp³-hybridized carbons (Fsp3) is 0.333. The van der Waals surface area contributed by atoms with Gasteiger partial charge in [0.25, 0.3) is 0 Å². The summed E-state index contributed by atoms with van der Waals surface area (Å²) in [4.78, 5) is 4.20. The highest BCUT2D eigenvalue weighted by Gasteiger charge is 2.17. The van der Waals surface area contributed by atoms with E-state index >= 15 is 0 Å². The normalized spacial score (nSPS) is 12.9. The second-order valence-corrected chi connectivity index (χ2v) is 5.06. The maximum absolute atomic E-state index is 4.66. The van der Waals surface area contributed by atoms with Crippen molar-refractivity contribution in [2.45, 2.75) is 12.5 Å². The van der Waals surface area contributed by atoms with Crippen LogP contribution in [0.5, 0.6) is 0 Å². The van der Waals surface area contributed by atoms with Gasteiger partial charge in [0.1, 0.15) is 0 Å². The largest absolute Gasteiger partial charge is 0.336 e. The van der Waals surface area contributed by atoms with E-state index in [9.17, 15) is 0 Å².